The van der Waals surface area contributed by atoms with Crippen LogP contribution < -0.4 is 5.73 Å². The smallest absolute Gasteiger partial charge is 0.142 e. The Balaban J connectivity index is 2.63. The number of benzene rings is 1. The van der Waals surface area contributed by atoms with Crippen molar-refractivity contribution in [2.24, 2.45) is 5.73 Å². The minimum absolute atomic E-state index is 0.213. The molecule has 0 spiro atoms. The Morgan fingerprint density at radius 1 is 1.36 bits per heavy atom. The molecule has 0 saturated heterocycles. The fourth-order valence-electron chi connectivity index (χ4n) is 1.13. The Kier molecular flexibility index (Phi) is 4.63. The van der Waals surface area contributed by atoms with Crippen LogP contribution in [0.5, 0.6) is 0 Å². The van der Waals surface area contributed by atoms with Crippen molar-refractivity contribution in [2.75, 3.05) is 6.54 Å². The molecule has 0 fully saturated rings. The van der Waals surface area contributed by atoms with Crippen molar-refractivity contribution >= 4 is 11.6 Å². The zero-order chi connectivity index (χ0) is 10.4. The van der Waals surface area contributed by atoms with Crippen molar-refractivity contribution in [2.45, 2.75) is 12.8 Å². The fourth-order valence-corrected chi connectivity index (χ4v) is 1.33. The van der Waals surface area contributed by atoms with E-state index in [0.717, 1.165) is 12.0 Å². The van der Waals surface area contributed by atoms with E-state index in [-0.39, 0.29) is 10.8 Å². The van der Waals surface area contributed by atoms with E-state index in [1.807, 2.05) is 18.2 Å². The SMILES string of the molecule is NCC/C=C/Cc1cccc(F)c1Cl. The Morgan fingerprint density at radius 2 is 2.14 bits per heavy atom. The zero-order valence-corrected chi connectivity index (χ0v) is 8.60. The lowest BCUT2D eigenvalue weighted by Crippen LogP contribution is -1.95. The molecule has 0 aliphatic rings. The van der Waals surface area contributed by atoms with E-state index in [9.17, 15) is 4.39 Å². The van der Waals surface area contributed by atoms with Gasteiger partial charge in [0.1, 0.15) is 5.82 Å². The minimum atomic E-state index is -0.364. The van der Waals surface area contributed by atoms with E-state index >= 15 is 0 Å². The predicted octanol–water partition coefficient (Wildman–Crippen LogP) is 2.93. The summed E-state index contributed by atoms with van der Waals surface area (Å²) in [5.74, 6) is -0.364. The minimum Gasteiger partial charge on any atom is -0.330 e. The molecule has 0 heterocycles. The van der Waals surface area contributed by atoms with E-state index in [4.69, 9.17) is 17.3 Å². The predicted molar refractivity (Wildman–Crippen MR) is 57.9 cm³/mol. The monoisotopic (exact) mass is 213 g/mol. The highest BCUT2D eigenvalue weighted by atomic mass is 35.5. The van der Waals surface area contributed by atoms with E-state index in [2.05, 4.69) is 0 Å². The maximum atomic E-state index is 13.0. The quantitative estimate of drug-likeness (QED) is 0.765. The highest BCUT2D eigenvalue weighted by molar-refractivity contribution is 6.31. The molecule has 0 saturated carbocycles. The summed E-state index contributed by atoms with van der Waals surface area (Å²) in [7, 11) is 0. The molecule has 1 aromatic carbocycles. The first-order valence-electron chi connectivity index (χ1n) is 4.53. The molecule has 2 N–H and O–H groups in total. The third-order valence-electron chi connectivity index (χ3n) is 1.87. The van der Waals surface area contributed by atoms with Crippen LogP contribution >= 0.6 is 11.6 Å². The van der Waals surface area contributed by atoms with Crippen molar-refractivity contribution < 1.29 is 4.39 Å². The first-order chi connectivity index (χ1) is 6.75. The highest BCUT2D eigenvalue weighted by Crippen LogP contribution is 2.20. The zero-order valence-electron chi connectivity index (χ0n) is 7.84. The van der Waals surface area contributed by atoms with Crippen LogP contribution in [0.1, 0.15) is 12.0 Å². The summed E-state index contributed by atoms with van der Waals surface area (Å²) in [5, 5.41) is 0.213. The Bertz CT molecular complexity index is 323. The number of allylic oxidation sites excluding steroid dienone is 1. The lowest BCUT2D eigenvalue weighted by molar-refractivity contribution is 0.626. The number of halogens is 2. The van der Waals surface area contributed by atoms with Crippen LogP contribution in [-0.2, 0) is 6.42 Å². The normalized spacial score (nSPS) is 11.1. The third kappa shape index (κ3) is 3.13. The van der Waals surface area contributed by atoms with Gasteiger partial charge in [0.05, 0.1) is 5.02 Å². The molecule has 0 unspecified atom stereocenters. The topological polar surface area (TPSA) is 26.0 Å². The van der Waals surface area contributed by atoms with Gasteiger partial charge in [-0.1, -0.05) is 35.9 Å². The second kappa shape index (κ2) is 5.78. The van der Waals surface area contributed by atoms with Gasteiger partial charge in [-0.3, -0.25) is 0 Å². The van der Waals surface area contributed by atoms with Crippen molar-refractivity contribution in [1.82, 2.24) is 0 Å². The van der Waals surface area contributed by atoms with Crippen LogP contribution in [0.2, 0.25) is 5.02 Å². The first-order valence-corrected chi connectivity index (χ1v) is 4.91. The van der Waals surface area contributed by atoms with Crippen LogP contribution in [0.3, 0.4) is 0 Å². The summed E-state index contributed by atoms with van der Waals surface area (Å²) in [5.41, 5.74) is 6.13. The molecule has 0 bridgehead atoms. The number of hydrogen-bond acceptors (Lipinski definition) is 1. The van der Waals surface area contributed by atoms with Crippen molar-refractivity contribution in [1.29, 1.82) is 0 Å². The van der Waals surface area contributed by atoms with Crippen molar-refractivity contribution in [3.63, 3.8) is 0 Å². The molecule has 0 aromatic heterocycles. The van der Waals surface area contributed by atoms with Crippen LogP contribution in [0.4, 0.5) is 4.39 Å². The van der Waals surface area contributed by atoms with Gasteiger partial charge in [0.25, 0.3) is 0 Å². The lowest BCUT2D eigenvalue weighted by atomic mass is 10.1. The average molecular weight is 214 g/mol. The van der Waals surface area contributed by atoms with E-state index in [1.165, 1.54) is 6.07 Å². The Labute approximate surface area is 88.4 Å². The molecule has 0 radical (unpaired) electrons. The molecule has 1 nitrogen and oxygen atoms in total. The average Bonchev–Trinajstić information content (AvgIpc) is 2.19. The van der Waals surface area contributed by atoms with Crippen LogP contribution in [-0.4, -0.2) is 6.54 Å². The van der Waals surface area contributed by atoms with Gasteiger partial charge in [-0.2, -0.15) is 0 Å². The third-order valence-corrected chi connectivity index (χ3v) is 2.29. The maximum absolute atomic E-state index is 13.0. The molecule has 1 rings (SSSR count). The van der Waals surface area contributed by atoms with Crippen molar-refractivity contribution in [3.05, 3.63) is 46.8 Å². The van der Waals surface area contributed by atoms with Gasteiger partial charge in [0.15, 0.2) is 0 Å². The standard InChI is InChI=1S/C11H13ClFN/c12-11-9(5-2-1-3-8-14)6-4-7-10(11)13/h1-2,4,6-7H,3,5,8,14H2/b2-1+. The van der Waals surface area contributed by atoms with Crippen LogP contribution in [0, 0.1) is 5.82 Å². The number of rotatable bonds is 4. The van der Waals surface area contributed by atoms with E-state index in [1.54, 1.807) is 6.07 Å². The van der Waals surface area contributed by atoms with Gasteiger partial charge in [-0.15, -0.1) is 0 Å². The summed E-state index contributed by atoms with van der Waals surface area (Å²) >= 11 is 5.77. The molecule has 0 aliphatic heterocycles. The van der Waals surface area contributed by atoms with Crippen LogP contribution in [0.25, 0.3) is 0 Å². The van der Waals surface area contributed by atoms with E-state index < -0.39 is 0 Å². The van der Waals surface area contributed by atoms with E-state index in [0.29, 0.717) is 13.0 Å². The second-order valence-corrected chi connectivity index (χ2v) is 3.34. The molecule has 1 aromatic rings. The molecular formula is C11H13ClFN. The first kappa shape index (κ1) is 11.2. The molecule has 3 heteroatoms. The Morgan fingerprint density at radius 3 is 2.86 bits per heavy atom. The number of hydrogen-bond donors (Lipinski definition) is 1. The summed E-state index contributed by atoms with van der Waals surface area (Å²) in [6, 6.07) is 4.83. The maximum Gasteiger partial charge on any atom is 0.142 e. The van der Waals surface area contributed by atoms with Gasteiger partial charge < -0.3 is 5.73 Å². The van der Waals surface area contributed by atoms with Crippen molar-refractivity contribution in [3.8, 4) is 0 Å². The largest absolute Gasteiger partial charge is 0.330 e. The summed E-state index contributed by atoms with van der Waals surface area (Å²) in [4.78, 5) is 0. The van der Waals surface area contributed by atoms with Gasteiger partial charge >= 0.3 is 0 Å². The van der Waals surface area contributed by atoms with Gasteiger partial charge in [0.2, 0.25) is 0 Å². The van der Waals surface area contributed by atoms with Crippen LogP contribution in [0.15, 0.2) is 30.4 Å². The molecule has 76 valence electrons. The fraction of sp³-hybridized carbons (Fsp3) is 0.273. The molecule has 0 atom stereocenters. The molecular weight excluding hydrogens is 201 g/mol. The highest BCUT2D eigenvalue weighted by Gasteiger charge is 2.02. The molecule has 0 aliphatic carbocycles. The molecule has 0 amide bonds. The number of nitrogens with two attached hydrogens (primary N) is 1. The van der Waals surface area contributed by atoms with Gasteiger partial charge in [-0.05, 0) is 31.0 Å². The summed E-state index contributed by atoms with van der Waals surface area (Å²) < 4.78 is 13.0. The summed E-state index contributed by atoms with van der Waals surface area (Å²) in [6.45, 7) is 0.632. The lowest BCUT2D eigenvalue weighted by Gasteiger charge is -2.00. The Hall–Kier alpha value is -0.860. The molecule has 14 heavy (non-hydrogen) atoms. The second-order valence-electron chi connectivity index (χ2n) is 2.97. The van der Waals surface area contributed by atoms with Gasteiger partial charge in [0, 0.05) is 0 Å². The summed E-state index contributed by atoms with van der Waals surface area (Å²) in [6.07, 6.45) is 5.41. The van der Waals surface area contributed by atoms with Gasteiger partial charge in [-0.25, -0.2) is 4.39 Å².